The van der Waals surface area contributed by atoms with Crippen molar-refractivity contribution in [1.82, 2.24) is 10.3 Å². The Hall–Kier alpha value is -1.43. The largest absolute Gasteiger partial charge is 0.351 e. The number of hydrogen-bond acceptors (Lipinski definition) is 4. The SMILES string of the molecule is Cc1nc(C)c(C(=O)NC(N)=O)s1. The second-order valence-corrected chi connectivity index (χ2v) is 3.67. The Bertz CT molecular complexity index is 359. The maximum absolute atomic E-state index is 11.2. The van der Waals surface area contributed by atoms with Crippen LogP contribution in [0.2, 0.25) is 0 Å². The van der Waals surface area contributed by atoms with Crippen LogP contribution >= 0.6 is 11.3 Å². The van der Waals surface area contributed by atoms with Crippen LogP contribution < -0.4 is 11.1 Å². The van der Waals surface area contributed by atoms with E-state index in [2.05, 4.69) is 4.98 Å². The third-order valence-corrected chi connectivity index (χ3v) is 2.42. The average Bonchev–Trinajstić information content (AvgIpc) is 2.28. The summed E-state index contributed by atoms with van der Waals surface area (Å²) in [5.74, 6) is -0.490. The molecule has 3 amide bonds. The van der Waals surface area contributed by atoms with Gasteiger partial charge in [-0.2, -0.15) is 0 Å². The monoisotopic (exact) mass is 199 g/mol. The number of carbonyl (C=O) groups is 2. The number of nitrogens with two attached hydrogens (primary N) is 1. The minimum atomic E-state index is -0.851. The van der Waals surface area contributed by atoms with Crippen molar-refractivity contribution in [2.45, 2.75) is 13.8 Å². The zero-order valence-electron chi connectivity index (χ0n) is 7.25. The molecule has 0 saturated heterocycles. The number of hydrogen-bond donors (Lipinski definition) is 2. The molecule has 0 atom stereocenters. The predicted octanol–water partition coefficient (Wildman–Crippen LogP) is 0.568. The van der Waals surface area contributed by atoms with Crippen molar-refractivity contribution in [2.24, 2.45) is 5.73 Å². The fourth-order valence-corrected chi connectivity index (χ4v) is 1.73. The highest BCUT2D eigenvalue weighted by molar-refractivity contribution is 7.13. The van der Waals surface area contributed by atoms with Crippen LogP contribution in [0.15, 0.2) is 0 Å². The molecule has 0 aliphatic rings. The maximum Gasteiger partial charge on any atom is 0.319 e. The summed E-state index contributed by atoms with van der Waals surface area (Å²) in [5, 5.41) is 2.77. The molecule has 0 bridgehead atoms. The van der Waals surface area contributed by atoms with Gasteiger partial charge in [-0.1, -0.05) is 0 Å². The minimum Gasteiger partial charge on any atom is -0.351 e. The first-order valence-corrected chi connectivity index (χ1v) is 4.37. The van der Waals surface area contributed by atoms with Crippen LogP contribution in [0.5, 0.6) is 0 Å². The molecule has 0 aliphatic carbocycles. The number of rotatable bonds is 1. The van der Waals surface area contributed by atoms with Crippen molar-refractivity contribution >= 4 is 23.3 Å². The van der Waals surface area contributed by atoms with Gasteiger partial charge in [0.05, 0.1) is 10.7 Å². The van der Waals surface area contributed by atoms with E-state index < -0.39 is 11.9 Å². The maximum atomic E-state index is 11.2. The molecule has 1 heterocycles. The number of aryl methyl sites for hydroxylation is 2. The summed E-state index contributed by atoms with van der Waals surface area (Å²) in [7, 11) is 0. The lowest BCUT2D eigenvalue weighted by Crippen LogP contribution is -2.34. The number of urea groups is 1. The average molecular weight is 199 g/mol. The van der Waals surface area contributed by atoms with Gasteiger partial charge in [-0.25, -0.2) is 9.78 Å². The molecule has 0 unspecified atom stereocenters. The first-order chi connectivity index (χ1) is 6.00. The number of carbonyl (C=O) groups excluding carboxylic acids is 2. The number of amides is 3. The molecule has 0 saturated carbocycles. The molecule has 3 N–H and O–H groups in total. The van der Waals surface area contributed by atoms with Crippen LogP contribution in [0.3, 0.4) is 0 Å². The molecule has 1 aromatic rings. The Kier molecular flexibility index (Phi) is 2.62. The highest BCUT2D eigenvalue weighted by Crippen LogP contribution is 2.16. The summed E-state index contributed by atoms with van der Waals surface area (Å²) in [6, 6.07) is -0.851. The van der Waals surface area contributed by atoms with Gasteiger partial charge in [-0.15, -0.1) is 11.3 Å². The smallest absolute Gasteiger partial charge is 0.319 e. The fourth-order valence-electron chi connectivity index (χ4n) is 0.911. The molecule has 0 spiro atoms. The molecule has 0 aromatic carbocycles. The van der Waals surface area contributed by atoms with E-state index in [4.69, 9.17) is 5.73 Å². The van der Waals surface area contributed by atoms with E-state index in [-0.39, 0.29) is 0 Å². The first kappa shape index (κ1) is 9.66. The Morgan fingerprint density at radius 2 is 2.08 bits per heavy atom. The number of thiazole rings is 1. The summed E-state index contributed by atoms with van der Waals surface area (Å²) in [4.78, 5) is 26.1. The van der Waals surface area contributed by atoms with Gasteiger partial charge in [0, 0.05) is 0 Å². The van der Waals surface area contributed by atoms with Crippen molar-refractivity contribution in [3.63, 3.8) is 0 Å². The number of aromatic nitrogens is 1. The second kappa shape index (κ2) is 3.53. The van der Waals surface area contributed by atoms with E-state index in [9.17, 15) is 9.59 Å². The van der Waals surface area contributed by atoms with E-state index in [1.165, 1.54) is 11.3 Å². The Balaban J connectivity index is 2.88. The molecule has 1 rings (SSSR count). The van der Waals surface area contributed by atoms with Gasteiger partial charge in [0.1, 0.15) is 4.88 Å². The van der Waals surface area contributed by atoms with Crippen LogP contribution in [-0.2, 0) is 0 Å². The summed E-state index contributed by atoms with van der Waals surface area (Å²) < 4.78 is 0. The number of imide groups is 1. The third kappa shape index (κ3) is 2.25. The minimum absolute atomic E-state index is 0.427. The van der Waals surface area contributed by atoms with Gasteiger partial charge in [0.15, 0.2) is 0 Å². The zero-order valence-corrected chi connectivity index (χ0v) is 8.07. The lowest BCUT2D eigenvalue weighted by Gasteiger charge is -1.96. The van der Waals surface area contributed by atoms with E-state index in [0.29, 0.717) is 10.6 Å². The Morgan fingerprint density at radius 3 is 2.46 bits per heavy atom. The summed E-state index contributed by atoms with van der Waals surface area (Å²) in [6.45, 7) is 3.50. The highest BCUT2D eigenvalue weighted by atomic mass is 32.1. The Labute approximate surface area is 79.0 Å². The topological polar surface area (TPSA) is 85.1 Å². The van der Waals surface area contributed by atoms with Crippen LogP contribution in [0.1, 0.15) is 20.4 Å². The molecule has 0 radical (unpaired) electrons. The van der Waals surface area contributed by atoms with Crippen LogP contribution in [0.25, 0.3) is 0 Å². The van der Waals surface area contributed by atoms with Gasteiger partial charge in [0.2, 0.25) is 0 Å². The number of primary amides is 1. The van der Waals surface area contributed by atoms with Crippen molar-refractivity contribution in [2.75, 3.05) is 0 Å². The quantitative estimate of drug-likeness (QED) is 0.693. The van der Waals surface area contributed by atoms with Crippen LogP contribution in [0.4, 0.5) is 4.79 Å². The molecule has 70 valence electrons. The van der Waals surface area contributed by atoms with Gasteiger partial charge < -0.3 is 5.73 Å². The standard InChI is InChI=1S/C7H9N3O2S/c1-3-5(13-4(2)9-3)6(11)10-7(8)12/h1-2H3,(H3,8,10,11,12). The van der Waals surface area contributed by atoms with Gasteiger partial charge in [-0.05, 0) is 13.8 Å². The second-order valence-electron chi connectivity index (χ2n) is 2.47. The highest BCUT2D eigenvalue weighted by Gasteiger charge is 2.14. The molecular formula is C7H9N3O2S. The van der Waals surface area contributed by atoms with Crippen LogP contribution in [0, 0.1) is 13.8 Å². The Morgan fingerprint density at radius 1 is 1.46 bits per heavy atom. The molecule has 13 heavy (non-hydrogen) atoms. The number of nitrogens with one attached hydrogen (secondary N) is 1. The molecule has 5 nitrogen and oxygen atoms in total. The third-order valence-electron chi connectivity index (χ3n) is 1.35. The van der Waals surface area contributed by atoms with E-state index in [0.717, 1.165) is 5.01 Å². The summed E-state index contributed by atoms with van der Waals surface area (Å²) in [6.07, 6.45) is 0. The van der Waals surface area contributed by atoms with Crippen molar-refractivity contribution in [1.29, 1.82) is 0 Å². The van der Waals surface area contributed by atoms with Crippen molar-refractivity contribution in [3.05, 3.63) is 15.6 Å². The lowest BCUT2D eigenvalue weighted by atomic mass is 10.4. The lowest BCUT2D eigenvalue weighted by molar-refractivity contribution is 0.0969. The van der Waals surface area contributed by atoms with Crippen LogP contribution in [-0.4, -0.2) is 16.9 Å². The number of nitrogens with zero attached hydrogens (tertiary/aromatic N) is 1. The van der Waals surface area contributed by atoms with Gasteiger partial charge >= 0.3 is 6.03 Å². The van der Waals surface area contributed by atoms with E-state index >= 15 is 0 Å². The molecule has 1 aromatic heterocycles. The van der Waals surface area contributed by atoms with Gasteiger partial charge in [-0.3, -0.25) is 10.1 Å². The van der Waals surface area contributed by atoms with Crippen molar-refractivity contribution < 1.29 is 9.59 Å². The first-order valence-electron chi connectivity index (χ1n) is 3.55. The van der Waals surface area contributed by atoms with Crippen molar-refractivity contribution in [3.8, 4) is 0 Å². The predicted molar refractivity (Wildman–Crippen MR) is 48.6 cm³/mol. The fraction of sp³-hybridized carbons (Fsp3) is 0.286. The molecule has 0 aliphatic heterocycles. The zero-order chi connectivity index (χ0) is 10.0. The molecule has 0 fully saturated rings. The normalized spacial score (nSPS) is 9.69. The van der Waals surface area contributed by atoms with E-state index in [1.54, 1.807) is 13.8 Å². The van der Waals surface area contributed by atoms with E-state index in [1.807, 2.05) is 5.32 Å². The molecular weight excluding hydrogens is 190 g/mol. The molecule has 6 heteroatoms. The summed E-state index contributed by atoms with van der Waals surface area (Å²) >= 11 is 1.23. The van der Waals surface area contributed by atoms with Gasteiger partial charge in [0.25, 0.3) is 5.91 Å². The summed E-state index contributed by atoms with van der Waals surface area (Å²) in [5.41, 5.74) is 5.41.